The summed E-state index contributed by atoms with van der Waals surface area (Å²) in [7, 11) is -4.03. The number of ether oxygens (including phenoxy) is 5. The lowest BCUT2D eigenvalue weighted by Gasteiger charge is -2.19. The first-order valence-corrected chi connectivity index (χ1v) is 15.0. The van der Waals surface area contributed by atoms with Gasteiger partial charge in [-0.2, -0.15) is 0 Å². The van der Waals surface area contributed by atoms with Gasteiger partial charge in [-0.25, -0.2) is 31.7 Å². The minimum absolute atomic E-state index is 0.109. The molecule has 2 heterocycles. The third kappa shape index (κ3) is 6.74. The smallest absolute Gasteiger partial charge is 0.257 e. The van der Waals surface area contributed by atoms with Crippen molar-refractivity contribution in [2.24, 2.45) is 5.14 Å². The monoisotopic (exact) mass is 594 g/mol. The van der Waals surface area contributed by atoms with Gasteiger partial charge in [-0.15, -0.1) is 0 Å². The van der Waals surface area contributed by atoms with Crippen LogP contribution in [0.2, 0.25) is 0 Å². The van der Waals surface area contributed by atoms with Crippen molar-refractivity contribution < 1.29 is 40.5 Å². The first-order valence-electron chi connectivity index (χ1n) is 12.0. The molecule has 40 heavy (non-hydrogen) atoms. The molecule has 0 radical (unpaired) electrons. The van der Waals surface area contributed by atoms with Crippen molar-refractivity contribution in [3.05, 3.63) is 59.8 Å². The van der Waals surface area contributed by atoms with Crippen LogP contribution in [0.4, 0.5) is 5.69 Å². The molecule has 0 fully saturated rings. The van der Waals surface area contributed by atoms with Crippen LogP contribution in [-0.4, -0.2) is 62.9 Å². The highest BCUT2D eigenvalue weighted by atomic mass is 32.2. The average molecular weight is 595 g/mol. The molecule has 1 aliphatic heterocycles. The third-order valence-corrected chi connectivity index (χ3v) is 8.39. The fourth-order valence-electron chi connectivity index (χ4n) is 3.96. The molecule has 4 rings (SSSR count). The normalized spacial score (nSPS) is 13.9. The Morgan fingerprint density at radius 2 is 1.70 bits per heavy atom. The minimum atomic E-state index is -4.30. The number of nitrogens with two attached hydrogens (primary N) is 1. The van der Waals surface area contributed by atoms with Crippen molar-refractivity contribution >= 4 is 25.7 Å². The van der Waals surface area contributed by atoms with Gasteiger partial charge in [-0.05, 0) is 48.0 Å². The summed E-state index contributed by atoms with van der Waals surface area (Å²) in [5.74, 6) is 1.82. The second kappa shape index (κ2) is 12.3. The summed E-state index contributed by atoms with van der Waals surface area (Å²) in [6, 6.07) is 12.1. The number of benzene rings is 2. The number of anilines is 1. The molecular weight excluding hydrogens is 564 g/mol. The molecule has 0 amide bonds. The number of rotatable bonds is 12. The second-order valence-corrected chi connectivity index (χ2v) is 11.8. The highest BCUT2D eigenvalue weighted by Gasteiger charge is 2.23. The molecule has 0 bridgehead atoms. The summed E-state index contributed by atoms with van der Waals surface area (Å²) in [5.41, 5.74) is 1.29. The summed E-state index contributed by atoms with van der Waals surface area (Å²) in [4.78, 5) is 3.67. The lowest BCUT2D eigenvalue weighted by molar-refractivity contribution is 0.107. The van der Waals surface area contributed by atoms with Gasteiger partial charge >= 0.3 is 0 Å². The number of aromatic nitrogens is 1. The maximum atomic E-state index is 13.1. The molecule has 1 atom stereocenters. The summed E-state index contributed by atoms with van der Waals surface area (Å²) < 4.78 is 80.4. The van der Waals surface area contributed by atoms with E-state index in [4.69, 9.17) is 28.8 Å². The van der Waals surface area contributed by atoms with E-state index in [1.165, 1.54) is 33.5 Å². The van der Waals surface area contributed by atoms with E-state index in [2.05, 4.69) is 15.0 Å². The van der Waals surface area contributed by atoms with Crippen molar-refractivity contribution in [3.63, 3.8) is 0 Å². The molecule has 216 valence electrons. The average Bonchev–Trinajstić information content (AvgIpc) is 2.95. The quantitative estimate of drug-likeness (QED) is 0.279. The van der Waals surface area contributed by atoms with Gasteiger partial charge < -0.3 is 29.0 Å². The SMILES string of the molecule is COc1ccc(C(CNS(=O)(=O)c2ccc(NCc3ccc4c(n3)OCCO4)c(S(N)(=O)=O)c2)OC)cc1OC. The zero-order chi connectivity index (χ0) is 28.9. The topological polar surface area (TPSA) is 177 Å². The molecule has 0 saturated carbocycles. The van der Waals surface area contributed by atoms with E-state index >= 15 is 0 Å². The zero-order valence-electron chi connectivity index (χ0n) is 22.0. The molecule has 2 aromatic carbocycles. The van der Waals surface area contributed by atoms with Crippen molar-refractivity contribution in [2.45, 2.75) is 22.4 Å². The maximum absolute atomic E-state index is 13.1. The van der Waals surface area contributed by atoms with Gasteiger partial charge in [0.1, 0.15) is 18.1 Å². The Hall–Kier alpha value is -3.63. The lowest BCUT2D eigenvalue weighted by Crippen LogP contribution is -2.29. The van der Waals surface area contributed by atoms with Crippen molar-refractivity contribution in [3.8, 4) is 23.1 Å². The summed E-state index contributed by atoms with van der Waals surface area (Å²) >= 11 is 0. The van der Waals surface area contributed by atoms with Crippen molar-refractivity contribution in [2.75, 3.05) is 46.4 Å². The van der Waals surface area contributed by atoms with Gasteiger partial charge in [0.05, 0.1) is 43.1 Å². The van der Waals surface area contributed by atoms with E-state index < -0.39 is 31.0 Å². The minimum Gasteiger partial charge on any atom is -0.493 e. The Morgan fingerprint density at radius 3 is 2.40 bits per heavy atom. The van der Waals surface area contributed by atoms with E-state index in [0.29, 0.717) is 47.6 Å². The van der Waals surface area contributed by atoms with Gasteiger partial charge in [0.2, 0.25) is 20.0 Å². The Kier molecular flexibility index (Phi) is 9.00. The highest BCUT2D eigenvalue weighted by molar-refractivity contribution is 7.90. The summed E-state index contributed by atoms with van der Waals surface area (Å²) in [5, 5.41) is 8.37. The second-order valence-electron chi connectivity index (χ2n) is 8.55. The van der Waals surface area contributed by atoms with Crippen LogP contribution in [0.5, 0.6) is 23.1 Å². The molecule has 1 unspecified atom stereocenters. The molecule has 4 N–H and O–H groups in total. The summed E-state index contributed by atoms with van der Waals surface area (Å²) in [6.45, 7) is 0.769. The molecular formula is C25H30N4O9S2. The van der Waals surface area contributed by atoms with Crippen LogP contribution in [0.3, 0.4) is 0 Å². The fourth-order valence-corrected chi connectivity index (χ4v) is 5.83. The summed E-state index contributed by atoms with van der Waals surface area (Å²) in [6.07, 6.45) is -0.674. The van der Waals surface area contributed by atoms with Crippen LogP contribution in [-0.2, 0) is 31.3 Å². The molecule has 0 aliphatic carbocycles. The molecule has 1 aliphatic rings. The number of sulfonamides is 2. The Balaban J connectivity index is 1.51. The van der Waals surface area contributed by atoms with Crippen molar-refractivity contribution in [1.29, 1.82) is 0 Å². The van der Waals surface area contributed by atoms with E-state index in [0.717, 1.165) is 6.07 Å². The van der Waals surface area contributed by atoms with Gasteiger partial charge in [-0.3, -0.25) is 0 Å². The molecule has 13 nitrogen and oxygen atoms in total. The van der Waals surface area contributed by atoms with Crippen LogP contribution in [0, 0.1) is 0 Å². The van der Waals surface area contributed by atoms with Crippen LogP contribution < -0.4 is 34.1 Å². The largest absolute Gasteiger partial charge is 0.493 e. The predicted molar refractivity (Wildman–Crippen MR) is 145 cm³/mol. The maximum Gasteiger partial charge on any atom is 0.257 e. The number of nitrogens with zero attached hydrogens (tertiary/aromatic N) is 1. The van der Waals surface area contributed by atoms with Gasteiger partial charge in [-0.1, -0.05) is 6.07 Å². The van der Waals surface area contributed by atoms with Crippen molar-refractivity contribution in [1.82, 2.24) is 9.71 Å². The molecule has 0 saturated heterocycles. The first kappa shape index (κ1) is 29.4. The van der Waals surface area contributed by atoms with E-state index in [1.807, 2.05) is 0 Å². The van der Waals surface area contributed by atoms with Gasteiger partial charge in [0.15, 0.2) is 17.2 Å². The third-order valence-electron chi connectivity index (χ3n) is 6.02. The molecule has 3 aromatic rings. The molecule has 0 spiro atoms. The van der Waals surface area contributed by atoms with E-state index in [1.54, 1.807) is 30.3 Å². The van der Waals surface area contributed by atoms with Crippen LogP contribution in [0.1, 0.15) is 17.4 Å². The van der Waals surface area contributed by atoms with E-state index in [-0.39, 0.29) is 23.7 Å². The first-order chi connectivity index (χ1) is 19.1. The van der Waals surface area contributed by atoms with Gasteiger partial charge in [0, 0.05) is 13.7 Å². The zero-order valence-corrected chi connectivity index (χ0v) is 23.7. The number of hydrogen-bond acceptors (Lipinski definition) is 11. The number of pyridine rings is 1. The number of methoxy groups -OCH3 is 3. The van der Waals surface area contributed by atoms with E-state index in [9.17, 15) is 16.8 Å². The van der Waals surface area contributed by atoms with Gasteiger partial charge in [0.25, 0.3) is 5.88 Å². The Labute approximate surface area is 232 Å². The van der Waals surface area contributed by atoms with Crippen LogP contribution in [0.15, 0.2) is 58.3 Å². The Bertz CT molecular complexity index is 1580. The molecule has 15 heteroatoms. The number of fused-ring (bicyclic) bond motifs is 1. The fraction of sp³-hybridized carbons (Fsp3) is 0.320. The number of hydrogen-bond donors (Lipinski definition) is 3. The number of nitrogens with one attached hydrogen (secondary N) is 2. The van der Waals surface area contributed by atoms with Crippen LogP contribution in [0.25, 0.3) is 0 Å². The van der Waals surface area contributed by atoms with Crippen LogP contribution >= 0.6 is 0 Å². The number of primary sulfonamides is 1. The lowest BCUT2D eigenvalue weighted by atomic mass is 10.1. The standard InChI is InChI=1S/C25H30N4O9S2/c1-34-20-8-4-16(12-22(20)35-2)23(36-3)15-28-40(32,33)18-6-7-19(24(13-18)39(26,30)31)27-14-17-5-9-21-25(29-17)38-11-10-37-21/h4-9,12-13,23,27-28H,10-11,14-15H2,1-3H3,(H2,26,30,31). The predicted octanol–water partition coefficient (Wildman–Crippen LogP) is 1.80. The molecule has 1 aromatic heterocycles. The highest BCUT2D eigenvalue weighted by Crippen LogP contribution is 2.32. The Morgan fingerprint density at radius 1 is 0.950 bits per heavy atom.